The molecule has 0 saturated carbocycles. The van der Waals surface area contributed by atoms with Gasteiger partial charge in [0, 0.05) is 0 Å². The molecule has 0 heterocycles. The van der Waals surface area contributed by atoms with Crippen molar-refractivity contribution < 1.29 is 0 Å². The van der Waals surface area contributed by atoms with Gasteiger partial charge in [-0.05, 0) is 73.4 Å². The van der Waals surface area contributed by atoms with Crippen LogP contribution in [0.25, 0.3) is 0 Å². The first-order valence-electron chi connectivity index (χ1n) is 6.30. The van der Waals surface area contributed by atoms with E-state index in [4.69, 9.17) is 11.6 Å². The molecular formula is C16H25Cl. The molecule has 0 radical (unpaired) electrons. The Kier molecular flexibility index (Phi) is 3.98. The lowest BCUT2D eigenvalue weighted by atomic mass is 9.80. The predicted octanol–water partition coefficient (Wildman–Crippen LogP) is 5.55. The molecule has 0 N–H and O–H groups in total. The standard InChI is InChI=1S/C16H25Cl/c1-9-10(2)12(4)14(13(5)11(9)3)15(17)16(6,7)8/h15H,1-8H3. The molecule has 0 fully saturated rings. The van der Waals surface area contributed by atoms with E-state index in [1.807, 2.05) is 0 Å². The second-order valence-corrected chi connectivity index (χ2v) is 6.70. The Morgan fingerprint density at radius 1 is 0.706 bits per heavy atom. The fourth-order valence-corrected chi connectivity index (χ4v) is 2.67. The minimum atomic E-state index is 0.0699. The average molecular weight is 253 g/mol. The maximum absolute atomic E-state index is 6.69. The number of hydrogen-bond acceptors (Lipinski definition) is 0. The van der Waals surface area contributed by atoms with Crippen molar-refractivity contribution in [1.29, 1.82) is 0 Å². The summed E-state index contributed by atoms with van der Waals surface area (Å²) in [7, 11) is 0. The number of alkyl halides is 1. The second-order valence-electron chi connectivity index (χ2n) is 6.27. The van der Waals surface area contributed by atoms with Gasteiger partial charge in [-0.2, -0.15) is 0 Å². The van der Waals surface area contributed by atoms with E-state index < -0.39 is 0 Å². The van der Waals surface area contributed by atoms with Crippen LogP contribution in [0.4, 0.5) is 0 Å². The molecule has 1 rings (SSSR count). The number of halogens is 1. The van der Waals surface area contributed by atoms with Crippen molar-refractivity contribution in [2.45, 2.75) is 60.8 Å². The number of hydrogen-bond donors (Lipinski definition) is 0. The van der Waals surface area contributed by atoms with E-state index in [0.717, 1.165) is 0 Å². The van der Waals surface area contributed by atoms with Crippen LogP contribution in [0, 0.1) is 40.0 Å². The Bertz CT molecular complexity index is 407. The zero-order valence-electron chi connectivity index (χ0n) is 12.5. The van der Waals surface area contributed by atoms with Gasteiger partial charge in [0.05, 0.1) is 5.38 Å². The first kappa shape index (κ1) is 14.6. The molecule has 1 aromatic carbocycles. The third-order valence-corrected chi connectivity index (χ3v) is 4.94. The Hall–Kier alpha value is -0.490. The highest BCUT2D eigenvalue weighted by atomic mass is 35.5. The predicted molar refractivity (Wildman–Crippen MR) is 78.2 cm³/mol. The van der Waals surface area contributed by atoms with E-state index in [1.54, 1.807) is 0 Å². The van der Waals surface area contributed by atoms with Gasteiger partial charge in [-0.1, -0.05) is 20.8 Å². The van der Waals surface area contributed by atoms with Gasteiger partial charge in [-0.15, -0.1) is 11.6 Å². The number of rotatable bonds is 1. The van der Waals surface area contributed by atoms with Crippen LogP contribution in [0.2, 0.25) is 0 Å². The van der Waals surface area contributed by atoms with Gasteiger partial charge in [0.25, 0.3) is 0 Å². The third kappa shape index (κ3) is 2.52. The molecule has 1 heteroatoms. The highest BCUT2D eigenvalue weighted by Gasteiger charge is 2.28. The summed E-state index contributed by atoms with van der Waals surface area (Å²) in [6, 6.07) is 0. The first-order chi connectivity index (χ1) is 7.59. The largest absolute Gasteiger partial charge is 0.117 e. The van der Waals surface area contributed by atoms with Gasteiger partial charge >= 0.3 is 0 Å². The number of benzene rings is 1. The summed E-state index contributed by atoms with van der Waals surface area (Å²) in [6.45, 7) is 17.6. The summed E-state index contributed by atoms with van der Waals surface area (Å²) < 4.78 is 0. The molecule has 1 atom stereocenters. The molecule has 0 saturated heterocycles. The Morgan fingerprint density at radius 3 is 1.29 bits per heavy atom. The van der Waals surface area contributed by atoms with Crippen molar-refractivity contribution in [1.82, 2.24) is 0 Å². The van der Waals surface area contributed by atoms with Crippen molar-refractivity contribution in [3.05, 3.63) is 33.4 Å². The molecule has 0 aliphatic rings. The Labute approximate surface area is 111 Å². The smallest absolute Gasteiger partial charge is 0.0638 e. The van der Waals surface area contributed by atoms with Crippen molar-refractivity contribution in [2.75, 3.05) is 0 Å². The summed E-state index contributed by atoms with van der Waals surface area (Å²) in [5, 5.41) is 0.0699. The molecule has 0 nitrogen and oxygen atoms in total. The van der Waals surface area contributed by atoms with Gasteiger partial charge < -0.3 is 0 Å². The van der Waals surface area contributed by atoms with E-state index in [1.165, 1.54) is 33.4 Å². The maximum Gasteiger partial charge on any atom is 0.0638 e. The molecule has 0 aromatic heterocycles. The van der Waals surface area contributed by atoms with E-state index in [-0.39, 0.29) is 10.8 Å². The lowest BCUT2D eigenvalue weighted by Gasteiger charge is -2.30. The van der Waals surface area contributed by atoms with Crippen LogP contribution in [0.3, 0.4) is 0 Å². The highest BCUT2D eigenvalue weighted by Crippen LogP contribution is 2.43. The molecular weight excluding hydrogens is 228 g/mol. The minimum absolute atomic E-state index is 0.0699. The lowest BCUT2D eigenvalue weighted by Crippen LogP contribution is -2.17. The maximum atomic E-state index is 6.69. The molecule has 0 amide bonds. The van der Waals surface area contributed by atoms with Crippen LogP contribution in [0.5, 0.6) is 0 Å². The van der Waals surface area contributed by atoms with Crippen molar-refractivity contribution in [3.63, 3.8) is 0 Å². The first-order valence-corrected chi connectivity index (χ1v) is 6.73. The summed E-state index contributed by atoms with van der Waals surface area (Å²) in [5.74, 6) is 0. The van der Waals surface area contributed by atoms with Gasteiger partial charge in [-0.3, -0.25) is 0 Å². The van der Waals surface area contributed by atoms with E-state index in [9.17, 15) is 0 Å². The Morgan fingerprint density at radius 2 is 1.00 bits per heavy atom. The van der Waals surface area contributed by atoms with Crippen molar-refractivity contribution >= 4 is 11.6 Å². The van der Waals surface area contributed by atoms with Gasteiger partial charge in [0.15, 0.2) is 0 Å². The monoisotopic (exact) mass is 252 g/mol. The molecule has 96 valence electrons. The fourth-order valence-electron chi connectivity index (χ4n) is 2.34. The van der Waals surface area contributed by atoms with Crippen LogP contribution in [-0.4, -0.2) is 0 Å². The zero-order valence-corrected chi connectivity index (χ0v) is 13.2. The fraction of sp³-hybridized carbons (Fsp3) is 0.625. The molecule has 0 spiro atoms. The highest BCUT2D eigenvalue weighted by molar-refractivity contribution is 6.21. The zero-order chi connectivity index (χ0) is 13.5. The lowest BCUT2D eigenvalue weighted by molar-refractivity contribution is 0.393. The normalized spacial score (nSPS) is 13.9. The Balaban J connectivity index is 3.55. The molecule has 0 aliphatic heterocycles. The van der Waals surface area contributed by atoms with Crippen LogP contribution >= 0.6 is 11.6 Å². The molecule has 17 heavy (non-hydrogen) atoms. The van der Waals surface area contributed by atoms with Crippen LogP contribution in [0.1, 0.15) is 59.5 Å². The van der Waals surface area contributed by atoms with Gasteiger partial charge in [0.2, 0.25) is 0 Å². The van der Waals surface area contributed by atoms with Crippen LogP contribution < -0.4 is 0 Å². The summed E-state index contributed by atoms with van der Waals surface area (Å²) in [6.07, 6.45) is 0. The van der Waals surface area contributed by atoms with Gasteiger partial charge in [-0.25, -0.2) is 0 Å². The van der Waals surface area contributed by atoms with Crippen molar-refractivity contribution in [3.8, 4) is 0 Å². The van der Waals surface area contributed by atoms with Crippen LogP contribution in [-0.2, 0) is 0 Å². The summed E-state index contributed by atoms with van der Waals surface area (Å²) in [4.78, 5) is 0. The van der Waals surface area contributed by atoms with E-state index in [2.05, 4.69) is 55.4 Å². The van der Waals surface area contributed by atoms with E-state index >= 15 is 0 Å². The van der Waals surface area contributed by atoms with Gasteiger partial charge in [0.1, 0.15) is 0 Å². The quantitative estimate of drug-likeness (QED) is 0.575. The SMILES string of the molecule is Cc1c(C)c(C)c(C(Cl)C(C)(C)C)c(C)c1C. The molecule has 1 aromatic rings. The molecule has 1 unspecified atom stereocenters. The minimum Gasteiger partial charge on any atom is -0.117 e. The molecule has 0 bridgehead atoms. The van der Waals surface area contributed by atoms with E-state index in [0.29, 0.717) is 0 Å². The topological polar surface area (TPSA) is 0 Å². The average Bonchev–Trinajstić information content (AvgIpc) is 2.22. The summed E-state index contributed by atoms with van der Waals surface area (Å²) in [5.41, 5.74) is 8.32. The second kappa shape index (κ2) is 4.65. The molecule has 0 aliphatic carbocycles. The van der Waals surface area contributed by atoms with Crippen LogP contribution in [0.15, 0.2) is 0 Å². The van der Waals surface area contributed by atoms with Crippen molar-refractivity contribution in [2.24, 2.45) is 5.41 Å². The third-order valence-electron chi connectivity index (χ3n) is 4.07. The summed E-state index contributed by atoms with van der Waals surface area (Å²) >= 11 is 6.69.